The highest BCUT2D eigenvalue weighted by Gasteiger charge is 2.26. The lowest BCUT2D eigenvalue weighted by atomic mass is 10.2. The van der Waals surface area contributed by atoms with Crippen LogP contribution in [0, 0.1) is 0 Å². The zero-order valence-corrected chi connectivity index (χ0v) is 12.9. The number of thioether (sulfide) groups is 1. The Morgan fingerprint density at radius 3 is 2.63 bits per heavy atom. The first-order valence-electron chi connectivity index (χ1n) is 7.04. The molecule has 1 fully saturated rings. The lowest BCUT2D eigenvalue weighted by Gasteiger charge is -2.35. The van der Waals surface area contributed by atoms with Crippen molar-refractivity contribution in [3.05, 3.63) is 11.6 Å². The summed E-state index contributed by atoms with van der Waals surface area (Å²) in [6.07, 6.45) is 2.93. The maximum atomic E-state index is 12.2. The third-order valence-electron chi connectivity index (χ3n) is 3.48. The van der Waals surface area contributed by atoms with Gasteiger partial charge in [0.1, 0.15) is 0 Å². The number of nitrogens with zero attached hydrogens (tertiary/aromatic N) is 3. The van der Waals surface area contributed by atoms with E-state index in [9.17, 15) is 4.79 Å². The Balaban J connectivity index is 1.86. The van der Waals surface area contributed by atoms with Crippen molar-refractivity contribution < 1.29 is 4.79 Å². The SMILES string of the molecule is CC/C=C(\C)C(=O)N1CCN(C2=NC[C@@H](C)S2)CC1. The molecule has 0 aromatic heterocycles. The summed E-state index contributed by atoms with van der Waals surface area (Å²) in [4.78, 5) is 21.0. The number of carbonyl (C=O) groups excluding carboxylic acids is 1. The van der Waals surface area contributed by atoms with E-state index in [-0.39, 0.29) is 5.91 Å². The first-order valence-corrected chi connectivity index (χ1v) is 7.92. The zero-order chi connectivity index (χ0) is 13.8. The minimum atomic E-state index is 0.191. The molecule has 2 aliphatic heterocycles. The van der Waals surface area contributed by atoms with Crippen molar-refractivity contribution >= 4 is 22.8 Å². The number of amidine groups is 1. The largest absolute Gasteiger partial charge is 0.348 e. The summed E-state index contributed by atoms with van der Waals surface area (Å²) in [6, 6.07) is 0. The van der Waals surface area contributed by atoms with E-state index in [1.807, 2.05) is 29.7 Å². The van der Waals surface area contributed by atoms with Gasteiger partial charge >= 0.3 is 0 Å². The fourth-order valence-corrected chi connectivity index (χ4v) is 3.37. The van der Waals surface area contributed by atoms with Crippen LogP contribution in [0.2, 0.25) is 0 Å². The van der Waals surface area contributed by atoms with Crippen molar-refractivity contribution in [2.24, 2.45) is 4.99 Å². The van der Waals surface area contributed by atoms with E-state index in [1.54, 1.807) is 0 Å². The third kappa shape index (κ3) is 3.53. The second kappa shape index (κ2) is 6.46. The highest BCUT2D eigenvalue weighted by Crippen LogP contribution is 2.23. The third-order valence-corrected chi connectivity index (χ3v) is 4.62. The summed E-state index contributed by atoms with van der Waals surface area (Å²) in [5.74, 6) is 0.191. The van der Waals surface area contributed by atoms with Crippen LogP contribution in [0.5, 0.6) is 0 Å². The molecule has 2 heterocycles. The van der Waals surface area contributed by atoms with Gasteiger partial charge in [0.25, 0.3) is 0 Å². The van der Waals surface area contributed by atoms with Crippen LogP contribution in [0.25, 0.3) is 0 Å². The molecule has 0 aliphatic carbocycles. The Morgan fingerprint density at radius 1 is 1.42 bits per heavy atom. The first-order chi connectivity index (χ1) is 9.11. The van der Waals surface area contributed by atoms with Gasteiger partial charge in [0.2, 0.25) is 5.91 Å². The van der Waals surface area contributed by atoms with Crippen LogP contribution in [0.4, 0.5) is 0 Å². The summed E-state index contributed by atoms with van der Waals surface area (Å²) >= 11 is 1.86. The molecule has 5 heteroatoms. The molecule has 2 aliphatic rings. The van der Waals surface area contributed by atoms with Gasteiger partial charge in [-0.15, -0.1) is 0 Å². The van der Waals surface area contributed by atoms with Crippen LogP contribution in [-0.2, 0) is 4.79 Å². The molecule has 4 nitrogen and oxygen atoms in total. The van der Waals surface area contributed by atoms with Crippen LogP contribution in [0.15, 0.2) is 16.6 Å². The summed E-state index contributed by atoms with van der Waals surface area (Å²) < 4.78 is 0. The minimum Gasteiger partial charge on any atom is -0.348 e. The molecule has 1 atom stereocenters. The monoisotopic (exact) mass is 281 g/mol. The molecule has 2 rings (SSSR count). The van der Waals surface area contributed by atoms with E-state index in [0.717, 1.165) is 44.7 Å². The molecule has 0 unspecified atom stereocenters. The Kier molecular flexibility index (Phi) is 4.91. The number of aliphatic imine (C=N–C) groups is 1. The highest BCUT2D eigenvalue weighted by atomic mass is 32.2. The number of allylic oxidation sites excluding steroid dienone is 1. The Bertz CT molecular complexity index is 397. The van der Waals surface area contributed by atoms with Gasteiger partial charge in [-0.2, -0.15) is 0 Å². The van der Waals surface area contributed by atoms with E-state index >= 15 is 0 Å². The molecular formula is C14H23N3OS. The van der Waals surface area contributed by atoms with E-state index in [2.05, 4.69) is 23.7 Å². The Labute approximate surface area is 119 Å². The molecular weight excluding hydrogens is 258 g/mol. The van der Waals surface area contributed by atoms with Gasteiger partial charge in [-0.05, 0) is 13.3 Å². The Hall–Kier alpha value is -0.970. The average Bonchev–Trinajstić information content (AvgIpc) is 2.85. The Morgan fingerprint density at radius 2 is 2.11 bits per heavy atom. The number of carbonyl (C=O) groups is 1. The van der Waals surface area contributed by atoms with E-state index in [4.69, 9.17) is 0 Å². The van der Waals surface area contributed by atoms with Gasteiger partial charge in [-0.3, -0.25) is 9.79 Å². The van der Waals surface area contributed by atoms with Gasteiger partial charge in [0.15, 0.2) is 5.17 Å². The van der Waals surface area contributed by atoms with Gasteiger partial charge in [0, 0.05) is 37.0 Å². The summed E-state index contributed by atoms with van der Waals surface area (Å²) in [5.41, 5.74) is 0.872. The van der Waals surface area contributed by atoms with Gasteiger partial charge in [-0.1, -0.05) is 31.7 Å². The number of hydrogen-bond donors (Lipinski definition) is 0. The molecule has 0 spiro atoms. The maximum Gasteiger partial charge on any atom is 0.249 e. The fourth-order valence-electron chi connectivity index (χ4n) is 2.38. The van der Waals surface area contributed by atoms with Crippen LogP contribution in [0.1, 0.15) is 27.2 Å². The predicted octanol–water partition coefficient (Wildman–Crippen LogP) is 1.98. The van der Waals surface area contributed by atoms with Gasteiger partial charge in [0.05, 0.1) is 6.54 Å². The maximum absolute atomic E-state index is 12.2. The second-order valence-corrected chi connectivity index (χ2v) is 6.53. The van der Waals surface area contributed by atoms with Gasteiger partial charge in [-0.25, -0.2) is 0 Å². The van der Waals surface area contributed by atoms with Crippen LogP contribution < -0.4 is 0 Å². The molecule has 0 aromatic carbocycles. The highest BCUT2D eigenvalue weighted by molar-refractivity contribution is 8.14. The van der Waals surface area contributed by atoms with E-state index in [0.29, 0.717) is 5.25 Å². The van der Waals surface area contributed by atoms with Crippen molar-refractivity contribution in [1.29, 1.82) is 0 Å². The van der Waals surface area contributed by atoms with Crippen molar-refractivity contribution in [1.82, 2.24) is 9.80 Å². The number of hydrogen-bond acceptors (Lipinski definition) is 4. The van der Waals surface area contributed by atoms with Crippen molar-refractivity contribution in [3.8, 4) is 0 Å². The number of piperazine rings is 1. The summed E-state index contributed by atoms with van der Waals surface area (Å²) in [7, 11) is 0. The van der Waals surface area contributed by atoms with Crippen molar-refractivity contribution in [2.45, 2.75) is 32.4 Å². The zero-order valence-electron chi connectivity index (χ0n) is 12.1. The quantitative estimate of drug-likeness (QED) is 0.726. The fraction of sp³-hybridized carbons (Fsp3) is 0.714. The van der Waals surface area contributed by atoms with E-state index in [1.165, 1.54) is 5.17 Å². The molecule has 19 heavy (non-hydrogen) atoms. The molecule has 1 amide bonds. The standard InChI is InChI=1S/C14H23N3OS/c1-4-5-11(2)13(18)16-6-8-17(9-7-16)14-15-10-12(3)19-14/h5,12H,4,6-10H2,1-3H3/b11-5+/t12-/m1/s1. The van der Waals surface area contributed by atoms with E-state index < -0.39 is 0 Å². The minimum absolute atomic E-state index is 0.191. The topological polar surface area (TPSA) is 35.9 Å². The summed E-state index contributed by atoms with van der Waals surface area (Å²) in [5, 5.41) is 1.77. The predicted molar refractivity (Wildman–Crippen MR) is 81.6 cm³/mol. The first kappa shape index (κ1) is 14.4. The lowest BCUT2D eigenvalue weighted by Crippen LogP contribution is -2.50. The van der Waals surface area contributed by atoms with Gasteiger partial charge < -0.3 is 9.80 Å². The molecule has 0 radical (unpaired) electrons. The molecule has 0 N–H and O–H groups in total. The van der Waals surface area contributed by atoms with Crippen molar-refractivity contribution in [2.75, 3.05) is 32.7 Å². The number of amides is 1. The van der Waals surface area contributed by atoms with Crippen molar-refractivity contribution in [3.63, 3.8) is 0 Å². The molecule has 106 valence electrons. The molecule has 1 saturated heterocycles. The summed E-state index contributed by atoms with van der Waals surface area (Å²) in [6.45, 7) is 10.5. The van der Waals surface area contributed by atoms with Crippen LogP contribution in [0.3, 0.4) is 0 Å². The van der Waals surface area contributed by atoms with Crippen LogP contribution in [-0.4, -0.2) is 58.8 Å². The average molecular weight is 281 g/mol. The van der Waals surface area contributed by atoms with Crippen LogP contribution >= 0.6 is 11.8 Å². The second-order valence-electron chi connectivity index (χ2n) is 5.13. The smallest absolute Gasteiger partial charge is 0.249 e. The number of rotatable bonds is 2. The normalized spacial score (nSPS) is 24.7. The molecule has 0 bridgehead atoms. The lowest BCUT2D eigenvalue weighted by molar-refractivity contribution is -0.128. The molecule has 0 aromatic rings. The molecule has 0 saturated carbocycles.